The summed E-state index contributed by atoms with van der Waals surface area (Å²) in [5.74, 6) is -1.62. The fourth-order valence-corrected chi connectivity index (χ4v) is 1.68. The van der Waals surface area contributed by atoms with Crippen LogP contribution in [0, 0.1) is 5.82 Å². The van der Waals surface area contributed by atoms with Crippen LogP contribution in [0.25, 0.3) is 0 Å². The van der Waals surface area contributed by atoms with E-state index >= 15 is 0 Å². The predicted molar refractivity (Wildman–Crippen MR) is 69.6 cm³/mol. The standard InChI is InChI=1S/C13H18FN3O2/c1-13(2,6-11(15)18)17-7-9-4-3-8(12(16)19)5-10(9)14/h3-5,17H,6-7H2,1-2H3,(H2,15,18)(H2,16,19). The number of carbonyl (C=O) groups is 2. The number of hydrogen-bond acceptors (Lipinski definition) is 3. The average Bonchev–Trinajstić information content (AvgIpc) is 2.25. The SMILES string of the molecule is CC(C)(CC(N)=O)NCc1ccc(C(N)=O)cc1F. The number of nitrogens with one attached hydrogen (secondary N) is 1. The Labute approximate surface area is 111 Å². The van der Waals surface area contributed by atoms with Crippen LogP contribution in [-0.4, -0.2) is 17.4 Å². The molecule has 2 amide bonds. The summed E-state index contributed by atoms with van der Waals surface area (Å²) in [6.45, 7) is 3.83. The van der Waals surface area contributed by atoms with Gasteiger partial charge in [0.25, 0.3) is 0 Å². The van der Waals surface area contributed by atoms with Gasteiger partial charge in [-0.1, -0.05) is 6.07 Å². The number of hydrogen-bond donors (Lipinski definition) is 3. The van der Waals surface area contributed by atoms with Gasteiger partial charge in [-0.25, -0.2) is 4.39 Å². The van der Waals surface area contributed by atoms with Crippen molar-refractivity contribution in [1.82, 2.24) is 5.32 Å². The second-order valence-corrected chi connectivity index (χ2v) is 5.05. The highest BCUT2D eigenvalue weighted by molar-refractivity contribution is 5.92. The number of halogens is 1. The maximum Gasteiger partial charge on any atom is 0.248 e. The summed E-state index contributed by atoms with van der Waals surface area (Å²) in [4.78, 5) is 21.8. The van der Waals surface area contributed by atoms with Crippen molar-refractivity contribution < 1.29 is 14.0 Å². The summed E-state index contributed by atoms with van der Waals surface area (Å²) in [6.07, 6.45) is 0.147. The normalized spacial score (nSPS) is 11.3. The van der Waals surface area contributed by atoms with E-state index in [1.165, 1.54) is 12.1 Å². The number of rotatable bonds is 6. The van der Waals surface area contributed by atoms with Crippen molar-refractivity contribution in [1.29, 1.82) is 0 Å². The van der Waals surface area contributed by atoms with E-state index in [9.17, 15) is 14.0 Å². The Morgan fingerprint density at radius 3 is 2.42 bits per heavy atom. The van der Waals surface area contributed by atoms with E-state index in [-0.39, 0.29) is 18.5 Å². The van der Waals surface area contributed by atoms with E-state index in [4.69, 9.17) is 11.5 Å². The minimum Gasteiger partial charge on any atom is -0.370 e. The first-order valence-corrected chi connectivity index (χ1v) is 5.83. The molecule has 0 aromatic heterocycles. The molecule has 5 nitrogen and oxygen atoms in total. The third kappa shape index (κ3) is 4.67. The van der Waals surface area contributed by atoms with E-state index in [1.54, 1.807) is 13.8 Å². The van der Waals surface area contributed by atoms with E-state index in [0.717, 1.165) is 6.07 Å². The number of carbonyl (C=O) groups excluding carboxylic acids is 2. The first-order chi connectivity index (χ1) is 8.71. The fraction of sp³-hybridized carbons (Fsp3) is 0.385. The Balaban J connectivity index is 2.73. The van der Waals surface area contributed by atoms with Gasteiger partial charge in [0, 0.05) is 29.6 Å². The third-order valence-electron chi connectivity index (χ3n) is 2.71. The van der Waals surface area contributed by atoms with Gasteiger partial charge < -0.3 is 16.8 Å². The molecule has 0 aliphatic carbocycles. The average molecular weight is 267 g/mol. The molecule has 19 heavy (non-hydrogen) atoms. The van der Waals surface area contributed by atoms with Crippen molar-refractivity contribution >= 4 is 11.8 Å². The van der Waals surface area contributed by atoms with E-state index < -0.39 is 23.2 Å². The van der Waals surface area contributed by atoms with Crippen molar-refractivity contribution in [3.63, 3.8) is 0 Å². The molecule has 1 rings (SSSR count). The molecule has 0 radical (unpaired) electrons. The predicted octanol–water partition coefficient (Wildman–Crippen LogP) is 0.668. The van der Waals surface area contributed by atoms with Gasteiger partial charge in [-0.05, 0) is 26.0 Å². The molecule has 1 aromatic rings. The van der Waals surface area contributed by atoms with Gasteiger partial charge in [0.1, 0.15) is 5.82 Å². The van der Waals surface area contributed by atoms with Gasteiger partial charge in [0.05, 0.1) is 0 Å². The Bertz CT molecular complexity index is 501. The third-order valence-corrected chi connectivity index (χ3v) is 2.71. The second kappa shape index (κ2) is 5.79. The molecule has 5 N–H and O–H groups in total. The summed E-state index contributed by atoms with van der Waals surface area (Å²) in [6, 6.07) is 4.05. The van der Waals surface area contributed by atoms with Crippen molar-refractivity contribution in [2.75, 3.05) is 0 Å². The topological polar surface area (TPSA) is 98.2 Å². The Hall–Kier alpha value is -1.95. The molecule has 0 saturated carbocycles. The first kappa shape index (κ1) is 15.1. The molecule has 0 saturated heterocycles. The first-order valence-electron chi connectivity index (χ1n) is 5.83. The molecule has 0 bridgehead atoms. The smallest absolute Gasteiger partial charge is 0.248 e. The molecular weight excluding hydrogens is 249 g/mol. The largest absolute Gasteiger partial charge is 0.370 e. The van der Waals surface area contributed by atoms with Crippen LogP contribution >= 0.6 is 0 Å². The molecule has 1 aromatic carbocycles. The van der Waals surface area contributed by atoms with E-state index in [2.05, 4.69) is 5.32 Å². The fourth-order valence-electron chi connectivity index (χ4n) is 1.68. The summed E-state index contributed by atoms with van der Waals surface area (Å²) in [7, 11) is 0. The van der Waals surface area contributed by atoms with Crippen LogP contribution in [0.3, 0.4) is 0 Å². The maximum atomic E-state index is 13.7. The zero-order valence-corrected chi connectivity index (χ0v) is 11.0. The molecule has 0 aliphatic heterocycles. The van der Waals surface area contributed by atoms with Gasteiger partial charge >= 0.3 is 0 Å². The van der Waals surface area contributed by atoms with E-state index in [0.29, 0.717) is 5.56 Å². The quantitative estimate of drug-likeness (QED) is 0.706. The summed E-state index contributed by atoms with van der Waals surface area (Å²) in [5.41, 5.74) is 10.2. The molecule has 0 fully saturated rings. The van der Waals surface area contributed by atoms with Gasteiger partial charge in [0.15, 0.2) is 0 Å². The molecular formula is C13H18FN3O2. The highest BCUT2D eigenvalue weighted by atomic mass is 19.1. The molecule has 0 spiro atoms. The van der Waals surface area contributed by atoms with Crippen LogP contribution in [0.1, 0.15) is 36.2 Å². The molecule has 0 heterocycles. The van der Waals surface area contributed by atoms with Crippen molar-refractivity contribution in [2.24, 2.45) is 11.5 Å². The Kier molecular flexibility index (Phi) is 4.61. The number of amides is 2. The van der Waals surface area contributed by atoms with Crippen molar-refractivity contribution in [3.8, 4) is 0 Å². The lowest BCUT2D eigenvalue weighted by molar-refractivity contribution is -0.119. The number of benzene rings is 1. The lowest BCUT2D eigenvalue weighted by Crippen LogP contribution is -2.42. The minimum atomic E-state index is -0.674. The highest BCUT2D eigenvalue weighted by Gasteiger charge is 2.20. The Morgan fingerprint density at radius 2 is 1.95 bits per heavy atom. The molecule has 0 unspecified atom stereocenters. The summed E-state index contributed by atoms with van der Waals surface area (Å²) < 4.78 is 13.7. The zero-order chi connectivity index (χ0) is 14.6. The van der Waals surface area contributed by atoms with E-state index in [1.807, 2.05) is 0 Å². The second-order valence-electron chi connectivity index (χ2n) is 5.05. The highest BCUT2D eigenvalue weighted by Crippen LogP contribution is 2.13. The minimum absolute atomic E-state index is 0.123. The maximum absolute atomic E-state index is 13.7. The molecule has 0 aliphatic rings. The van der Waals surface area contributed by atoms with Gasteiger partial charge in [-0.2, -0.15) is 0 Å². The molecule has 104 valence electrons. The van der Waals surface area contributed by atoms with Crippen LogP contribution in [0.15, 0.2) is 18.2 Å². The van der Waals surface area contributed by atoms with Gasteiger partial charge in [0.2, 0.25) is 11.8 Å². The monoisotopic (exact) mass is 267 g/mol. The lowest BCUT2D eigenvalue weighted by Gasteiger charge is -2.25. The summed E-state index contributed by atoms with van der Waals surface area (Å²) >= 11 is 0. The van der Waals surface area contributed by atoms with Crippen molar-refractivity contribution in [2.45, 2.75) is 32.4 Å². The number of primary amides is 2. The van der Waals surface area contributed by atoms with Gasteiger partial charge in [-0.15, -0.1) is 0 Å². The molecule has 6 heteroatoms. The van der Waals surface area contributed by atoms with Crippen LogP contribution in [0.2, 0.25) is 0 Å². The Morgan fingerprint density at radius 1 is 1.32 bits per heavy atom. The lowest BCUT2D eigenvalue weighted by atomic mass is 9.99. The number of nitrogens with two attached hydrogens (primary N) is 2. The molecule has 0 atom stereocenters. The van der Waals surface area contributed by atoms with Crippen LogP contribution in [0.5, 0.6) is 0 Å². The van der Waals surface area contributed by atoms with Crippen LogP contribution in [-0.2, 0) is 11.3 Å². The van der Waals surface area contributed by atoms with Gasteiger partial charge in [-0.3, -0.25) is 9.59 Å². The zero-order valence-electron chi connectivity index (χ0n) is 11.0. The van der Waals surface area contributed by atoms with Crippen LogP contribution < -0.4 is 16.8 Å². The van der Waals surface area contributed by atoms with Crippen LogP contribution in [0.4, 0.5) is 4.39 Å². The van der Waals surface area contributed by atoms with Crippen molar-refractivity contribution in [3.05, 3.63) is 35.1 Å². The summed E-state index contributed by atoms with van der Waals surface area (Å²) in [5, 5.41) is 3.04.